The van der Waals surface area contributed by atoms with Crippen LogP contribution >= 0.6 is 0 Å². The van der Waals surface area contributed by atoms with Crippen LogP contribution in [0.4, 0.5) is 0 Å². The maximum Gasteiger partial charge on any atom is 0.138 e. The van der Waals surface area contributed by atoms with Crippen molar-refractivity contribution in [2.75, 3.05) is 13.2 Å². The molecule has 1 fully saturated rings. The molecular formula is C10H14O2. The van der Waals surface area contributed by atoms with Gasteiger partial charge in [0.05, 0.1) is 6.61 Å². The molecular weight excluding hydrogens is 152 g/mol. The number of carbonyl (C=O) groups is 1. The summed E-state index contributed by atoms with van der Waals surface area (Å²) >= 11 is 0. The van der Waals surface area contributed by atoms with Crippen LogP contribution in [0.5, 0.6) is 0 Å². The normalized spacial score (nSPS) is 22.1. The first-order chi connectivity index (χ1) is 5.84. The first-order valence-electron chi connectivity index (χ1n) is 4.38. The standard InChI is InChI=1S/C10H14O2/c1-2-3-4-5-10(11)9-6-7-12-8-9/h1,9H,3-8H2. The summed E-state index contributed by atoms with van der Waals surface area (Å²) in [6.45, 7) is 1.36. The highest BCUT2D eigenvalue weighted by Crippen LogP contribution is 2.16. The Bertz CT molecular complexity index is 185. The van der Waals surface area contributed by atoms with Crippen LogP contribution in [0.3, 0.4) is 0 Å². The lowest BCUT2D eigenvalue weighted by Gasteiger charge is -2.04. The number of hydrogen-bond donors (Lipinski definition) is 0. The number of carbonyl (C=O) groups excluding carboxylic acids is 1. The molecule has 0 amide bonds. The Morgan fingerprint density at radius 1 is 1.67 bits per heavy atom. The molecule has 0 aromatic carbocycles. The van der Waals surface area contributed by atoms with Gasteiger partial charge in [-0.15, -0.1) is 12.3 Å². The van der Waals surface area contributed by atoms with Gasteiger partial charge >= 0.3 is 0 Å². The second kappa shape index (κ2) is 4.95. The Hall–Kier alpha value is -0.810. The van der Waals surface area contributed by atoms with Gasteiger partial charge in [0.2, 0.25) is 0 Å². The number of hydrogen-bond acceptors (Lipinski definition) is 2. The molecule has 1 heterocycles. The van der Waals surface area contributed by atoms with Crippen LogP contribution in [0.1, 0.15) is 25.7 Å². The van der Waals surface area contributed by atoms with E-state index < -0.39 is 0 Å². The van der Waals surface area contributed by atoms with Gasteiger partial charge in [-0.05, 0) is 12.8 Å². The molecule has 1 atom stereocenters. The van der Waals surface area contributed by atoms with Crippen molar-refractivity contribution in [3.05, 3.63) is 0 Å². The molecule has 0 saturated carbocycles. The van der Waals surface area contributed by atoms with E-state index in [0.29, 0.717) is 25.2 Å². The SMILES string of the molecule is C#CCCCC(=O)C1CCOC1. The van der Waals surface area contributed by atoms with E-state index in [2.05, 4.69) is 5.92 Å². The van der Waals surface area contributed by atoms with Crippen LogP contribution < -0.4 is 0 Å². The predicted molar refractivity (Wildman–Crippen MR) is 46.6 cm³/mol. The van der Waals surface area contributed by atoms with E-state index in [0.717, 1.165) is 19.4 Å². The average Bonchev–Trinajstić information content (AvgIpc) is 2.56. The molecule has 1 unspecified atom stereocenters. The number of rotatable bonds is 4. The highest BCUT2D eigenvalue weighted by molar-refractivity contribution is 5.81. The molecule has 66 valence electrons. The van der Waals surface area contributed by atoms with E-state index in [1.165, 1.54) is 0 Å². The van der Waals surface area contributed by atoms with Gasteiger partial charge in [0.1, 0.15) is 5.78 Å². The molecule has 1 aliphatic rings. The van der Waals surface area contributed by atoms with Crippen molar-refractivity contribution >= 4 is 5.78 Å². The van der Waals surface area contributed by atoms with Crippen LogP contribution in [-0.2, 0) is 9.53 Å². The quantitative estimate of drug-likeness (QED) is 0.466. The van der Waals surface area contributed by atoms with Crippen LogP contribution in [0.15, 0.2) is 0 Å². The summed E-state index contributed by atoms with van der Waals surface area (Å²) in [6.07, 6.45) is 8.14. The Labute approximate surface area is 73.3 Å². The summed E-state index contributed by atoms with van der Waals surface area (Å²) in [6, 6.07) is 0. The molecule has 2 heteroatoms. The molecule has 2 nitrogen and oxygen atoms in total. The van der Waals surface area contributed by atoms with Crippen LogP contribution in [0, 0.1) is 18.3 Å². The summed E-state index contributed by atoms with van der Waals surface area (Å²) in [4.78, 5) is 11.4. The summed E-state index contributed by atoms with van der Waals surface area (Å²) in [5, 5.41) is 0. The van der Waals surface area contributed by atoms with Gasteiger partial charge in [-0.1, -0.05) is 0 Å². The Kier molecular flexibility index (Phi) is 3.83. The third-order valence-electron chi connectivity index (χ3n) is 2.13. The van der Waals surface area contributed by atoms with Crippen molar-refractivity contribution < 1.29 is 9.53 Å². The number of ether oxygens (including phenoxy) is 1. The lowest BCUT2D eigenvalue weighted by atomic mass is 9.99. The summed E-state index contributed by atoms with van der Waals surface area (Å²) < 4.78 is 5.12. The summed E-state index contributed by atoms with van der Waals surface area (Å²) in [5.41, 5.74) is 0. The van der Waals surface area contributed by atoms with Crippen molar-refractivity contribution in [1.29, 1.82) is 0 Å². The fourth-order valence-electron chi connectivity index (χ4n) is 1.36. The maximum atomic E-state index is 11.4. The number of terminal acetylenes is 1. The predicted octanol–water partition coefficient (Wildman–Crippen LogP) is 1.40. The van der Waals surface area contributed by atoms with Crippen molar-refractivity contribution in [2.45, 2.75) is 25.7 Å². The average molecular weight is 166 g/mol. The van der Waals surface area contributed by atoms with Crippen LogP contribution in [0.2, 0.25) is 0 Å². The zero-order chi connectivity index (χ0) is 8.81. The molecule has 0 aliphatic carbocycles. The molecule has 12 heavy (non-hydrogen) atoms. The molecule has 0 bridgehead atoms. The van der Waals surface area contributed by atoms with Gasteiger partial charge in [-0.3, -0.25) is 4.79 Å². The first kappa shape index (κ1) is 9.28. The minimum absolute atomic E-state index is 0.155. The lowest BCUT2D eigenvalue weighted by Crippen LogP contribution is -2.13. The Morgan fingerprint density at radius 3 is 3.08 bits per heavy atom. The number of Topliss-reactive ketones (excluding diaryl/α,β-unsaturated/α-hetero) is 1. The van der Waals surface area contributed by atoms with Gasteiger partial charge in [0.25, 0.3) is 0 Å². The van der Waals surface area contributed by atoms with Crippen molar-refractivity contribution in [3.8, 4) is 12.3 Å². The van der Waals surface area contributed by atoms with E-state index in [4.69, 9.17) is 11.2 Å². The summed E-state index contributed by atoms with van der Waals surface area (Å²) in [7, 11) is 0. The molecule has 1 aliphatic heterocycles. The smallest absolute Gasteiger partial charge is 0.138 e. The fraction of sp³-hybridized carbons (Fsp3) is 0.700. The highest BCUT2D eigenvalue weighted by Gasteiger charge is 2.22. The van der Waals surface area contributed by atoms with E-state index in [-0.39, 0.29) is 5.92 Å². The zero-order valence-corrected chi connectivity index (χ0v) is 7.21. The van der Waals surface area contributed by atoms with Crippen molar-refractivity contribution in [3.63, 3.8) is 0 Å². The van der Waals surface area contributed by atoms with Gasteiger partial charge < -0.3 is 4.74 Å². The second-order valence-corrected chi connectivity index (χ2v) is 3.08. The monoisotopic (exact) mass is 166 g/mol. The Morgan fingerprint density at radius 2 is 2.50 bits per heavy atom. The third-order valence-corrected chi connectivity index (χ3v) is 2.13. The molecule has 0 aromatic heterocycles. The van der Waals surface area contributed by atoms with Crippen molar-refractivity contribution in [1.82, 2.24) is 0 Å². The molecule has 0 spiro atoms. The maximum absolute atomic E-state index is 11.4. The van der Waals surface area contributed by atoms with Gasteiger partial charge in [-0.25, -0.2) is 0 Å². The second-order valence-electron chi connectivity index (χ2n) is 3.08. The van der Waals surface area contributed by atoms with Crippen LogP contribution in [0.25, 0.3) is 0 Å². The fourth-order valence-corrected chi connectivity index (χ4v) is 1.36. The first-order valence-corrected chi connectivity index (χ1v) is 4.38. The lowest BCUT2D eigenvalue weighted by molar-refractivity contribution is -0.122. The minimum Gasteiger partial charge on any atom is -0.381 e. The zero-order valence-electron chi connectivity index (χ0n) is 7.21. The summed E-state index contributed by atoms with van der Waals surface area (Å²) in [5.74, 6) is 3.01. The van der Waals surface area contributed by atoms with Gasteiger partial charge in [0, 0.05) is 25.4 Å². The van der Waals surface area contributed by atoms with E-state index >= 15 is 0 Å². The topological polar surface area (TPSA) is 26.3 Å². The number of unbranched alkanes of at least 4 members (excludes halogenated alkanes) is 1. The van der Waals surface area contributed by atoms with Gasteiger partial charge in [-0.2, -0.15) is 0 Å². The van der Waals surface area contributed by atoms with Crippen LogP contribution in [-0.4, -0.2) is 19.0 Å². The van der Waals surface area contributed by atoms with E-state index in [1.54, 1.807) is 0 Å². The Balaban J connectivity index is 2.15. The number of ketones is 1. The molecule has 0 radical (unpaired) electrons. The molecule has 0 aromatic rings. The highest BCUT2D eigenvalue weighted by atomic mass is 16.5. The molecule has 1 rings (SSSR count). The third kappa shape index (κ3) is 2.67. The largest absolute Gasteiger partial charge is 0.381 e. The van der Waals surface area contributed by atoms with Gasteiger partial charge in [0.15, 0.2) is 0 Å². The molecule has 0 N–H and O–H groups in total. The van der Waals surface area contributed by atoms with E-state index in [9.17, 15) is 4.79 Å². The van der Waals surface area contributed by atoms with Crippen molar-refractivity contribution in [2.24, 2.45) is 5.92 Å². The van der Waals surface area contributed by atoms with E-state index in [1.807, 2.05) is 0 Å². The molecule has 1 saturated heterocycles. The minimum atomic E-state index is 0.155.